The summed E-state index contributed by atoms with van der Waals surface area (Å²) in [5.41, 5.74) is 6.40. The summed E-state index contributed by atoms with van der Waals surface area (Å²) in [6.07, 6.45) is 7.79. The summed E-state index contributed by atoms with van der Waals surface area (Å²) >= 11 is 0. The number of rotatable bonds is 2. The third-order valence-electron chi connectivity index (χ3n) is 4.72. The van der Waals surface area contributed by atoms with Gasteiger partial charge in [0.05, 0.1) is 6.10 Å². The maximum absolute atomic E-state index is 6.22. The van der Waals surface area contributed by atoms with E-state index < -0.39 is 0 Å². The molecule has 2 aliphatic heterocycles. The topological polar surface area (TPSA) is 50.9 Å². The van der Waals surface area contributed by atoms with Gasteiger partial charge in [0.2, 0.25) is 0 Å². The number of guanidine groups is 1. The molecule has 21 heavy (non-hydrogen) atoms. The van der Waals surface area contributed by atoms with Crippen molar-refractivity contribution < 1.29 is 4.74 Å². The van der Waals surface area contributed by atoms with Gasteiger partial charge in [0.1, 0.15) is 0 Å². The van der Waals surface area contributed by atoms with E-state index in [0.717, 1.165) is 38.6 Å². The maximum atomic E-state index is 6.22. The molecule has 2 unspecified atom stereocenters. The lowest BCUT2D eigenvalue weighted by Gasteiger charge is -2.39. The fourth-order valence-electron chi connectivity index (χ4n) is 3.60. The highest BCUT2D eigenvalue weighted by Crippen LogP contribution is 2.34. The van der Waals surface area contributed by atoms with Crippen molar-refractivity contribution in [2.45, 2.75) is 65.4 Å². The molecule has 0 radical (unpaired) electrons. The minimum atomic E-state index is 0.179. The Morgan fingerprint density at radius 3 is 2.43 bits per heavy atom. The van der Waals surface area contributed by atoms with Gasteiger partial charge in [0, 0.05) is 32.2 Å². The van der Waals surface area contributed by atoms with Crippen LogP contribution in [-0.2, 0) is 4.74 Å². The summed E-state index contributed by atoms with van der Waals surface area (Å²) in [6.45, 7) is 10.6. The van der Waals surface area contributed by atoms with Gasteiger partial charge in [-0.3, -0.25) is 4.99 Å². The maximum Gasteiger partial charge on any atom is 0.191 e. The van der Waals surface area contributed by atoms with Crippen molar-refractivity contribution in [3.8, 4) is 0 Å². The van der Waals surface area contributed by atoms with Gasteiger partial charge >= 0.3 is 0 Å². The fourth-order valence-corrected chi connectivity index (χ4v) is 3.60. The van der Waals surface area contributed by atoms with E-state index in [-0.39, 0.29) is 5.41 Å². The van der Waals surface area contributed by atoms with Crippen LogP contribution >= 0.6 is 0 Å². The Kier molecular flexibility index (Phi) is 5.91. The van der Waals surface area contributed by atoms with Crippen molar-refractivity contribution in [1.29, 1.82) is 0 Å². The average Bonchev–Trinajstić information content (AvgIpc) is 2.73. The molecule has 0 spiro atoms. The summed E-state index contributed by atoms with van der Waals surface area (Å²) in [7, 11) is 0. The predicted octanol–water partition coefficient (Wildman–Crippen LogP) is 3.02. The third-order valence-corrected chi connectivity index (χ3v) is 4.72. The summed E-state index contributed by atoms with van der Waals surface area (Å²) in [6, 6.07) is 0. The molecular formula is C17H33N3O. The molecule has 0 aromatic heterocycles. The number of hydrogen-bond acceptors (Lipinski definition) is 2. The molecule has 2 saturated heterocycles. The van der Waals surface area contributed by atoms with E-state index in [0.29, 0.717) is 12.0 Å². The summed E-state index contributed by atoms with van der Waals surface area (Å²) in [4.78, 5) is 6.98. The normalized spacial score (nSPS) is 29.3. The number of hydrogen-bond donors (Lipinski definition) is 1. The molecule has 2 fully saturated rings. The van der Waals surface area contributed by atoms with Crippen LogP contribution in [0.2, 0.25) is 0 Å². The standard InChI is InChI=1S/C17H33N3O/c1-17(2,3)15-14(9-8-12-21-15)13-19-16(18)20-10-6-4-5-7-11-20/h14-15H,4-13H2,1-3H3,(H2,18,19). The molecule has 4 nitrogen and oxygen atoms in total. The van der Waals surface area contributed by atoms with Gasteiger partial charge in [-0.05, 0) is 31.1 Å². The smallest absolute Gasteiger partial charge is 0.191 e. The second-order valence-electron chi connectivity index (χ2n) is 7.66. The lowest BCUT2D eigenvalue weighted by Crippen LogP contribution is -2.42. The van der Waals surface area contributed by atoms with Crippen LogP contribution in [0.15, 0.2) is 4.99 Å². The van der Waals surface area contributed by atoms with Crippen LogP contribution in [0, 0.1) is 11.3 Å². The van der Waals surface area contributed by atoms with Crippen LogP contribution in [0.4, 0.5) is 0 Å². The third kappa shape index (κ3) is 4.87. The highest BCUT2D eigenvalue weighted by molar-refractivity contribution is 5.78. The first kappa shape index (κ1) is 16.6. The molecule has 2 N–H and O–H groups in total. The van der Waals surface area contributed by atoms with E-state index >= 15 is 0 Å². The van der Waals surface area contributed by atoms with E-state index in [1.807, 2.05) is 0 Å². The van der Waals surface area contributed by atoms with Crippen molar-refractivity contribution in [2.75, 3.05) is 26.2 Å². The Morgan fingerprint density at radius 1 is 1.14 bits per heavy atom. The zero-order valence-corrected chi connectivity index (χ0v) is 14.1. The van der Waals surface area contributed by atoms with Crippen molar-refractivity contribution in [3.63, 3.8) is 0 Å². The van der Waals surface area contributed by atoms with Crippen LogP contribution in [0.25, 0.3) is 0 Å². The molecule has 2 heterocycles. The highest BCUT2D eigenvalue weighted by Gasteiger charge is 2.35. The molecule has 0 aromatic rings. The van der Waals surface area contributed by atoms with Gasteiger partial charge in [0.15, 0.2) is 5.96 Å². The van der Waals surface area contributed by atoms with Gasteiger partial charge < -0.3 is 15.4 Å². The van der Waals surface area contributed by atoms with Crippen LogP contribution in [0.1, 0.15) is 59.3 Å². The number of ether oxygens (including phenoxy) is 1. The van der Waals surface area contributed by atoms with E-state index in [9.17, 15) is 0 Å². The van der Waals surface area contributed by atoms with Gasteiger partial charge in [0.25, 0.3) is 0 Å². The zero-order chi connectivity index (χ0) is 15.3. The monoisotopic (exact) mass is 295 g/mol. The van der Waals surface area contributed by atoms with Crippen molar-refractivity contribution in [1.82, 2.24) is 4.90 Å². The van der Waals surface area contributed by atoms with Crippen LogP contribution < -0.4 is 5.73 Å². The second kappa shape index (κ2) is 7.48. The van der Waals surface area contributed by atoms with Crippen molar-refractivity contribution in [3.05, 3.63) is 0 Å². The summed E-state index contributed by atoms with van der Waals surface area (Å²) < 4.78 is 6.03. The molecule has 0 aromatic carbocycles. The first-order valence-electron chi connectivity index (χ1n) is 8.65. The fraction of sp³-hybridized carbons (Fsp3) is 0.941. The zero-order valence-electron chi connectivity index (χ0n) is 14.1. The van der Waals surface area contributed by atoms with Gasteiger partial charge in [-0.25, -0.2) is 0 Å². The first-order valence-corrected chi connectivity index (χ1v) is 8.65. The van der Waals surface area contributed by atoms with Gasteiger partial charge in [-0.1, -0.05) is 33.6 Å². The van der Waals surface area contributed by atoms with E-state index in [4.69, 9.17) is 15.5 Å². The summed E-state index contributed by atoms with van der Waals surface area (Å²) in [5.74, 6) is 1.25. The Hall–Kier alpha value is -0.770. The van der Waals surface area contributed by atoms with E-state index in [2.05, 4.69) is 25.7 Å². The molecule has 2 atom stereocenters. The number of aliphatic imine (C=N–C) groups is 1. The molecule has 4 heteroatoms. The molecule has 2 aliphatic rings. The Morgan fingerprint density at radius 2 is 1.81 bits per heavy atom. The average molecular weight is 295 g/mol. The number of nitrogens with two attached hydrogens (primary N) is 1. The Bertz CT molecular complexity index is 340. The molecule has 0 aliphatic carbocycles. The predicted molar refractivity (Wildman–Crippen MR) is 88.4 cm³/mol. The molecule has 0 amide bonds. The second-order valence-corrected chi connectivity index (χ2v) is 7.66. The quantitative estimate of drug-likeness (QED) is 0.629. The number of nitrogens with zero attached hydrogens (tertiary/aromatic N) is 2. The summed E-state index contributed by atoms with van der Waals surface area (Å²) in [5, 5.41) is 0. The van der Waals surface area contributed by atoms with Crippen LogP contribution in [-0.4, -0.2) is 43.2 Å². The molecule has 122 valence electrons. The Balaban J connectivity index is 1.93. The lowest BCUT2D eigenvalue weighted by atomic mass is 9.78. The van der Waals surface area contributed by atoms with Crippen LogP contribution in [0.5, 0.6) is 0 Å². The molecule has 0 saturated carbocycles. The van der Waals surface area contributed by atoms with Crippen molar-refractivity contribution in [2.24, 2.45) is 22.1 Å². The Labute approximate surface area is 130 Å². The lowest BCUT2D eigenvalue weighted by molar-refractivity contribution is -0.0823. The highest BCUT2D eigenvalue weighted by atomic mass is 16.5. The minimum Gasteiger partial charge on any atom is -0.377 e. The molecule has 2 rings (SSSR count). The largest absolute Gasteiger partial charge is 0.377 e. The van der Waals surface area contributed by atoms with E-state index in [1.54, 1.807) is 0 Å². The molecular weight excluding hydrogens is 262 g/mol. The van der Waals surface area contributed by atoms with Gasteiger partial charge in [-0.15, -0.1) is 0 Å². The van der Waals surface area contributed by atoms with Crippen molar-refractivity contribution >= 4 is 5.96 Å². The van der Waals surface area contributed by atoms with Crippen LogP contribution in [0.3, 0.4) is 0 Å². The molecule has 0 bridgehead atoms. The first-order chi connectivity index (χ1) is 9.98. The van der Waals surface area contributed by atoms with E-state index in [1.165, 1.54) is 32.1 Å². The minimum absolute atomic E-state index is 0.179. The number of likely N-dealkylation sites (tertiary alicyclic amines) is 1. The SMILES string of the molecule is CC(C)(C)C1OCCCC1CN=C(N)N1CCCCCC1. The van der Waals surface area contributed by atoms with Gasteiger partial charge in [-0.2, -0.15) is 0 Å².